The summed E-state index contributed by atoms with van der Waals surface area (Å²) < 4.78 is 4.92. The number of anilines is 1. The lowest BCUT2D eigenvalue weighted by Crippen LogP contribution is -2.16. The van der Waals surface area contributed by atoms with Crippen molar-refractivity contribution in [1.82, 2.24) is 0 Å². The number of carboxylic acid groups (broad SMARTS) is 1. The maximum Gasteiger partial charge on any atom is 0.411 e. The molecule has 0 aliphatic heterocycles. The molecule has 5 nitrogen and oxygen atoms in total. The van der Waals surface area contributed by atoms with Crippen LogP contribution in [0.4, 0.5) is 10.5 Å². The minimum atomic E-state index is -1.12. The van der Waals surface area contributed by atoms with Crippen molar-refractivity contribution >= 4 is 29.4 Å². The summed E-state index contributed by atoms with van der Waals surface area (Å²) >= 11 is 5.76. The maximum absolute atomic E-state index is 11.4. The Balaban J connectivity index is 2.66. The van der Waals surface area contributed by atoms with Crippen LogP contribution >= 0.6 is 11.6 Å². The normalized spacial score (nSPS) is 10.2. The Labute approximate surface area is 110 Å². The van der Waals surface area contributed by atoms with Crippen molar-refractivity contribution in [3.63, 3.8) is 0 Å². The van der Waals surface area contributed by atoms with E-state index in [1.807, 2.05) is 13.8 Å². The summed E-state index contributed by atoms with van der Waals surface area (Å²) in [6.45, 7) is 4.16. The largest absolute Gasteiger partial charge is 0.478 e. The number of benzene rings is 1. The van der Waals surface area contributed by atoms with Gasteiger partial charge in [-0.25, -0.2) is 9.59 Å². The Morgan fingerprint density at radius 1 is 1.44 bits per heavy atom. The Hall–Kier alpha value is -1.75. The molecule has 6 heteroatoms. The molecule has 0 radical (unpaired) electrons. The quantitative estimate of drug-likeness (QED) is 0.881. The molecule has 0 bridgehead atoms. The highest BCUT2D eigenvalue weighted by molar-refractivity contribution is 6.33. The van der Waals surface area contributed by atoms with Crippen LogP contribution in [0.25, 0.3) is 0 Å². The first-order chi connectivity index (χ1) is 8.40. The van der Waals surface area contributed by atoms with Gasteiger partial charge >= 0.3 is 12.1 Å². The molecule has 0 spiro atoms. The molecule has 1 rings (SSSR count). The number of carbonyl (C=O) groups is 2. The van der Waals surface area contributed by atoms with Crippen LogP contribution in [-0.2, 0) is 4.74 Å². The SMILES string of the molecule is CC(C)COC(=O)Nc1ccc(C(=O)O)c(Cl)c1. The van der Waals surface area contributed by atoms with E-state index in [4.69, 9.17) is 21.4 Å². The third-order valence-corrected chi connectivity index (χ3v) is 2.31. The van der Waals surface area contributed by atoms with E-state index in [0.29, 0.717) is 12.3 Å². The molecule has 0 unspecified atom stereocenters. The van der Waals surface area contributed by atoms with E-state index in [-0.39, 0.29) is 16.5 Å². The molecule has 0 heterocycles. The standard InChI is InChI=1S/C12H14ClNO4/c1-7(2)6-18-12(17)14-8-3-4-9(11(15)16)10(13)5-8/h3-5,7H,6H2,1-2H3,(H,14,17)(H,15,16). The zero-order valence-corrected chi connectivity index (χ0v) is 10.8. The van der Waals surface area contributed by atoms with Crippen LogP contribution in [-0.4, -0.2) is 23.8 Å². The van der Waals surface area contributed by atoms with Crippen LogP contribution in [0.15, 0.2) is 18.2 Å². The van der Waals surface area contributed by atoms with Crippen LogP contribution in [0, 0.1) is 5.92 Å². The lowest BCUT2D eigenvalue weighted by Gasteiger charge is -2.09. The fourth-order valence-corrected chi connectivity index (χ4v) is 1.42. The van der Waals surface area contributed by atoms with Gasteiger partial charge in [0, 0.05) is 5.69 Å². The molecule has 18 heavy (non-hydrogen) atoms. The van der Waals surface area contributed by atoms with E-state index >= 15 is 0 Å². The minimum Gasteiger partial charge on any atom is -0.478 e. The van der Waals surface area contributed by atoms with Gasteiger partial charge in [-0.2, -0.15) is 0 Å². The molecule has 0 aliphatic rings. The highest BCUT2D eigenvalue weighted by atomic mass is 35.5. The summed E-state index contributed by atoms with van der Waals surface area (Å²) in [5.41, 5.74) is 0.372. The van der Waals surface area contributed by atoms with Crippen LogP contribution in [0.5, 0.6) is 0 Å². The van der Waals surface area contributed by atoms with E-state index in [1.54, 1.807) is 0 Å². The second-order valence-electron chi connectivity index (χ2n) is 4.12. The number of halogens is 1. The van der Waals surface area contributed by atoms with Crippen molar-refractivity contribution in [2.75, 3.05) is 11.9 Å². The highest BCUT2D eigenvalue weighted by Crippen LogP contribution is 2.21. The third kappa shape index (κ3) is 4.25. The zero-order valence-electron chi connectivity index (χ0n) is 10.1. The highest BCUT2D eigenvalue weighted by Gasteiger charge is 2.10. The Morgan fingerprint density at radius 2 is 2.11 bits per heavy atom. The van der Waals surface area contributed by atoms with E-state index in [0.717, 1.165) is 0 Å². The number of ether oxygens (including phenoxy) is 1. The lowest BCUT2D eigenvalue weighted by atomic mass is 10.2. The first-order valence-corrected chi connectivity index (χ1v) is 5.74. The van der Waals surface area contributed by atoms with E-state index in [9.17, 15) is 9.59 Å². The summed E-state index contributed by atoms with van der Waals surface area (Å²) in [5, 5.41) is 11.3. The summed E-state index contributed by atoms with van der Waals surface area (Å²) in [4.78, 5) is 22.1. The average molecular weight is 272 g/mol. The first kappa shape index (κ1) is 14.3. The van der Waals surface area contributed by atoms with Crippen molar-refractivity contribution in [1.29, 1.82) is 0 Å². The van der Waals surface area contributed by atoms with Crippen molar-refractivity contribution in [2.24, 2.45) is 5.92 Å². The molecule has 0 atom stereocenters. The smallest absolute Gasteiger partial charge is 0.411 e. The van der Waals surface area contributed by atoms with Gasteiger partial charge in [-0.05, 0) is 24.1 Å². The van der Waals surface area contributed by atoms with Crippen molar-refractivity contribution in [3.8, 4) is 0 Å². The molecule has 0 saturated heterocycles. The van der Waals surface area contributed by atoms with Gasteiger partial charge < -0.3 is 9.84 Å². The van der Waals surface area contributed by atoms with Gasteiger partial charge in [0.2, 0.25) is 0 Å². The number of hydrogen-bond acceptors (Lipinski definition) is 3. The Kier molecular flexibility index (Phi) is 4.97. The molecule has 0 saturated carbocycles. The molecule has 0 fully saturated rings. The number of aromatic carboxylic acids is 1. The molecule has 0 aromatic heterocycles. The predicted octanol–water partition coefficient (Wildman–Crippen LogP) is 3.24. The summed E-state index contributed by atoms with van der Waals surface area (Å²) in [6.07, 6.45) is -0.595. The van der Waals surface area contributed by atoms with Crippen LogP contribution in [0.3, 0.4) is 0 Å². The molecule has 0 aliphatic carbocycles. The number of nitrogens with one attached hydrogen (secondary N) is 1. The molecule has 2 N–H and O–H groups in total. The van der Waals surface area contributed by atoms with E-state index in [1.165, 1.54) is 18.2 Å². The zero-order chi connectivity index (χ0) is 13.7. The maximum atomic E-state index is 11.4. The van der Waals surface area contributed by atoms with Gasteiger partial charge in [0.15, 0.2) is 0 Å². The number of amides is 1. The molecule has 1 amide bonds. The van der Waals surface area contributed by atoms with E-state index < -0.39 is 12.1 Å². The topological polar surface area (TPSA) is 75.6 Å². The van der Waals surface area contributed by atoms with E-state index in [2.05, 4.69) is 5.32 Å². The molecule has 98 valence electrons. The second-order valence-corrected chi connectivity index (χ2v) is 4.52. The average Bonchev–Trinajstić information content (AvgIpc) is 2.26. The van der Waals surface area contributed by atoms with Gasteiger partial charge in [0.1, 0.15) is 0 Å². The molecular formula is C12H14ClNO4. The lowest BCUT2D eigenvalue weighted by molar-refractivity contribution is 0.0697. The van der Waals surface area contributed by atoms with Gasteiger partial charge in [-0.15, -0.1) is 0 Å². The van der Waals surface area contributed by atoms with Crippen molar-refractivity contribution < 1.29 is 19.4 Å². The Bertz CT molecular complexity index is 459. The van der Waals surface area contributed by atoms with Crippen LogP contribution < -0.4 is 5.32 Å². The summed E-state index contributed by atoms with van der Waals surface area (Å²) in [6, 6.07) is 4.14. The Morgan fingerprint density at radius 3 is 2.61 bits per heavy atom. The van der Waals surface area contributed by atoms with Gasteiger partial charge in [0.05, 0.1) is 17.2 Å². The monoisotopic (exact) mass is 271 g/mol. The number of rotatable bonds is 4. The van der Waals surface area contributed by atoms with Gasteiger partial charge in [-0.3, -0.25) is 5.32 Å². The second kappa shape index (κ2) is 6.26. The van der Waals surface area contributed by atoms with Crippen LogP contribution in [0.2, 0.25) is 5.02 Å². The van der Waals surface area contributed by atoms with Crippen LogP contribution in [0.1, 0.15) is 24.2 Å². The molecule has 1 aromatic carbocycles. The molecular weight excluding hydrogens is 258 g/mol. The predicted molar refractivity (Wildman–Crippen MR) is 68.2 cm³/mol. The fourth-order valence-electron chi connectivity index (χ4n) is 1.16. The third-order valence-electron chi connectivity index (χ3n) is 1.99. The fraction of sp³-hybridized carbons (Fsp3) is 0.333. The van der Waals surface area contributed by atoms with Crippen molar-refractivity contribution in [2.45, 2.75) is 13.8 Å². The number of carbonyl (C=O) groups excluding carboxylic acids is 1. The first-order valence-electron chi connectivity index (χ1n) is 5.36. The van der Waals surface area contributed by atoms with Gasteiger partial charge in [0.25, 0.3) is 0 Å². The summed E-state index contributed by atoms with van der Waals surface area (Å²) in [7, 11) is 0. The number of hydrogen-bond donors (Lipinski definition) is 2. The minimum absolute atomic E-state index is 0.0160. The number of carboxylic acids is 1. The van der Waals surface area contributed by atoms with Gasteiger partial charge in [-0.1, -0.05) is 25.4 Å². The molecule has 1 aromatic rings. The summed E-state index contributed by atoms with van der Waals surface area (Å²) in [5.74, 6) is -0.873. The van der Waals surface area contributed by atoms with Crippen molar-refractivity contribution in [3.05, 3.63) is 28.8 Å².